The van der Waals surface area contributed by atoms with Gasteiger partial charge in [0.2, 0.25) is 0 Å². The minimum absolute atomic E-state index is 0.723. The number of likely N-dealkylation sites (N-methyl/N-ethyl adjacent to an activating group) is 1. The van der Waals surface area contributed by atoms with Crippen molar-refractivity contribution in [1.82, 2.24) is 35.0 Å². The van der Waals surface area contributed by atoms with Crippen molar-refractivity contribution in [3.05, 3.63) is 48.9 Å². The molecule has 33 heavy (non-hydrogen) atoms. The van der Waals surface area contributed by atoms with Gasteiger partial charge in [-0.3, -0.25) is 10.1 Å². The van der Waals surface area contributed by atoms with E-state index in [0.717, 1.165) is 82.3 Å². The van der Waals surface area contributed by atoms with Crippen LogP contribution in [0.3, 0.4) is 0 Å². The fraction of sp³-hybridized carbons (Fsp3) is 0.250. The zero-order chi connectivity index (χ0) is 22.4. The maximum atomic E-state index is 5.33. The normalized spacial score (nSPS) is 14.9. The number of rotatable bonds is 4. The predicted molar refractivity (Wildman–Crippen MR) is 128 cm³/mol. The Labute approximate surface area is 190 Å². The van der Waals surface area contributed by atoms with Gasteiger partial charge in [-0.25, -0.2) is 9.97 Å². The second-order valence-corrected chi connectivity index (χ2v) is 8.35. The molecule has 0 radical (unpaired) electrons. The molecular formula is C24H24N8O. The zero-order valence-corrected chi connectivity index (χ0v) is 18.5. The molecule has 9 nitrogen and oxygen atoms in total. The number of imidazole rings is 1. The summed E-state index contributed by atoms with van der Waals surface area (Å²) in [6.07, 6.45) is 5.37. The Balaban J connectivity index is 1.43. The zero-order valence-electron chi connectivity index (χ0n) is 18.5. The van der Waals surface area contributed by atoms with Crippen molar-refractivity contribution in [1.29, 1.82) is 0 Å². The number of anilines is 1. The van der Waals surface area contributed by atoms with E-state index in [1.807, 2.05) is 30.6 Å². The molecule has 0 saturated carbocycles. The maximum Gasteiger partial charge on any atom is 0.159 e. The van der Waals surface area contributed by atoms with E-state index in [-0.39, 0.29) is 0 Å². The Bertz CT molecular complexity index is 1450. The molecule has 5 aromatic rings. The van der Waals surface area contributed by atoms with Gasteiger partial charge >= 0.3 is 0 Å². The summed E-state index contributed by atoms with van der Waals surface area (Å²) >= 11 is 0. The number of hydrogen-bond acceptors (Lipinski definition) is 7. The highest BCUT2D eigenvalue weighted by atomic mass is 16.5. The third kappa shape index (κ3) is 3.46. The lowest BCUT2D eigenvalue weighted by Gasteiger charge is -2.33. The second-order valence-electron chi connectivity index (χ2n) is 8.35. The molecule has 0 aliphatic carbocycles. The first-order chi connectivity index (χ1) is 16.2. The third-order valence-corrected chi connectivity index (χ3v) is 6.25. The molecule has 9 heteroatoms. The number of piperazine rings is 1. The first kappa shape index (κ1) is 19.7. The summed E-state index contributed by atoms with van der Waals surface area (Å²) in [5.74, 6) is 2.37. The summed E-state index contributed by atoms with van der Waals surface area (Å²) in [5, 5.41) is 8.70. The first-order valence-electron chi connectivity index (χ1n) is 11.0. The highest BCUT2D eigenvalue weighted by Gasteiger charge is 2.21. The molecule has 0 unspecified atom stereocenters. The van der Waals surface area contributed by atoms with Crippen LogP contribution in [0.25, 0.3) is 44.6 Å². The van der Waals surface area contributed by atoms with Gasteiger partial charge in [0.1, 0.15) is 17.0 Å². The van der Waals surface area contributed by atoms with Crippen LogP contribution >= 0.6 is 0 Å². The van der Waals surface area contributed by atoms with Crippen LogP contribution in [0.15, 0.2) is 48.9 Å². The van der Waals surface area contributed by atoms with E-state index in [2.05, 4.69) is 54.1 Å². The van der Waals surface area contributed by atoms with E-state index in [0.29, 0.717) is 0 Å². The van der Waals surface area contributed by atoms with Gasteiger partial charge in [0.25, 0.3) is 0 Å². The first-order valence-corrected chi connectivity index (χ1v) is 11.0. The van der Waals surface area contributed by atoms with Crippen molar-refractivity contribution < 1.29 is 4.74 Å². The molecule has 0 atom stereocenters. The Morgan fingerprint density at radius 2 is 1.85 bits per heavy atom. The molecule has 2 N–H and O–H groups in total. The number of hydrogen-bond donors (Lipinski definition) is 2. The number of nitrogens with zero attached hydrogens (tertiary/aromatic N) is 6. The van der Waals surface area contributed by atoms with Crippen molar-refractivity contribution in [3.63, 3.8) is 0 Å². The number of benzene rings is 1. The van der Waals surface area contributed by atoms with Gasteiger partial charge in [-0.1, -0.05) is 6.07 Å². The minimum Gasteiger partial charge on any atom is -0.495 e. The third-order valence-electron chi connectivity index (χ3n) is 6.25. The van der Waals surface area contributed by atoms with Crippen LogP contribution in [0.2, 0.25) is 0 Å². The molecule has 1 aliphatic heterocycles. The summed E-state index contributed by atoms with van der Waals surface area (Å²) in [7, 11) is 3.79. The van der Waals surface area contributed by atoms with E-state index in [9.17, 15) is 0 Å². The average Bonchev–Trinajstić information content (AvgIpc) is 3.48. The second kappa shape index (κ2) is 7.86. The van der Waals surface area contributed by atoms with E-state index in [1.54, 1.807) is 13.3 Å². The summed E-state index contributed by atoms with van der Waals surface area (Å²) < 4.78 is 5.33. The van der Waals surface area contributed by atoms with Gasteiger partial charge in [-0.05, 0) is 36.9 Å². The number of methoxy groups -OCH3 is 1. The van der Waals surface area contributed by atoms with Crippen LogP contribution in [-0.4, -0.2) is 75.4 Å². The van der Waals surface area contributed by atoms with Gasteiger partial charge in [-0.15, -0.1) is 0 Å². The Morgan fingerprint density at radius 3 is 2.70 bits per heavy atom. The number of fused-ring (bicyclic) bond motifs is 2. The summed E-state index contributed by atoms with van der Waals surface area (Å²) in [5.41, 5.74) is 5.58. The lowest BCUT2D eigenvalue weighted by Crippen LogP contribution is -2.44. The van der Waals surface area contributed by atoms with Crippen LogP contribution in [0, 0.1) is 0 Å². The van der Waals surface area contributed by atoms with Gasteiger partial charge in [0.05, 0.1) is 24.3 Å². The molecule has 166 valence electrons. The van der Waals surface area contributed by atoms with Gasteiger partial charge in [-0.2, -0.15) is 5.10 Å². The number of aromatic nitrogens is 6. The van der Waals surface area contributed by atoms with Crippen LogP contribution in [0.1, 0.15) is 0 Å². The number of pyridine rings is 2. The summed E-state index contributed by atoms with van der Waals surface area (Å²) in [6.45, 7) is 3.91. The summed E-state index contributed by atoms with van der Waals surface area (Å²) in [6, 6.07) is 10.1. The van der Waals surface area contributed by atoms with Crippen molar-refractivity contribution in [3.8, 4) is 28.4 Å². The molecule has 0 amide bonds. The van der Waals surface area contributed by atoms with Gasteiger partial charge < -0.3 is 19.5 Å². The van der Waals surface area contributed by atoms with E-state index >= 15 is 0 Å². The number of ether oxygens (including phenoxy) is 1. The fourth-order valence-corrected chi connectivity index (χ4v) is 4.35. The monoisotopic (exact) mass is 440 g/mol. The highest BCUT2D eigenvalue weighted by molar-refractivity contribution is 5.97. The Kier molecular flexibility index (Phi) is 4.69. The largest absolute Gasteiger partial charge is 0.495 e. The van der Waals surface area contributed by atoms with Gasteiger partial charge in [0, 0.05) is 49.5 Å². The van der Waals surface area contributed by atoms with Crippen LogP contribution in [0.5, 0.6) is 5.75 Å². The number of H-pyrrole nitrogens is 2. The van der Waals surface area contributed by atoms with Crippen molar-refractivity contribution in [2.75, 3.05) is 45.2 Å². The highest BCUT2D eigenvalue weighted by Crippen LogP contribution is 2.32. The van der Waals surface area contributed by atoms with Crippen molar-refractivity contribution in [2.45, 2.75) is 0 Å². The van der Waals surface area contributed by atoms with Crippen LogP contribution in [0.4, 0.5) is 5.82 Å². The topological polar surface area (TPSA) is 98.8 Å². The molecule has 0 spiro atoms. The lowest BCUT2D eigenvalue weighted by molar-refractivity contribution is 0.312. The molecule has 1 aliphatic rings. The molecule has 1 fully saturated rings. The Hall–Kier alpha value is -3.98. The smallest absolute Gasteiger partial charge is 0.159 e. The number of nitrogens with one attached hydrogen (secondary N) is 2. The Morgan fingerprint density at radius 1 is 0.970 bits per heavy atom. The van der Waals surface area contributed by atoms with Gasteiger partial charge in [0.15, 0.2) is 11.6 Å². The number of aromatic amines is 2. The molecule has 5 heterocycles. The SMILES string of the molecule is COc1cncc(-c2ccc3[nH]nc(-c4nc5c(N6CCN(C)CC6)nccc5[nH]4)c3c2)c1. The van der Waals surface area contributed by atoms with Crippen LogP contribution in [-0.2, 0) is 0 Å². The minimum atomic E-state index is 0.723. The maximum absolute atomic E-state index is 5.33. The molecular weight excluding hydrogens is 416 g/mol. The fourth-order valence-electron chi connectivity index (χ4n) is 4.35. The quantitative estimate of drug-likeness (QED) is 0.442. The van der Waals surface area contributed by atoms with E-state index in [1.165, 1.54) is 0 Å². The molecule has 6 rings (SSSR count). The predicted octanol–water partition coefficient (Wildman–Crippen LogP) is 3.32. The van der Waals surface area contributed by atoms with E-state index in [4.69, 9.17) is 9.72 Å². The molecule has 4 aromatic heterocycles. The standard InChI is InChI=1S/C24H24N8O/c1-31-7-9-32(10-8-31)24-22-20(5-6-26-24)27-23(28-22)21-18-12-15(3-4-19(18)29-30-21)16-11-17(33-2)14-25-13-16/h3-6,11-14H,7-10H2,1-2H3,(H,27,28)(H,29,30). The molecule has 1 saturated heterocycles. The molecule has 1 aromatic carbocycles. The lowest BCUT2D eigenvalue weighted by atomic mass is 10.0. The van der Waals surface area contributed by atoms with Crippen LogP contribution < -0.4 is 9.64 Å². The van der Waals surface area contributed by atoms with E-state index < -0.39 is 0 Å². The van der Waals surface area contributed by atoms with Crippen molar-refractivity contribution in [2.24, 2.45) is 0 Å². The average molecular weight is 441 g/mol. The van der Waals surface area contributed by atoms with Crippen molar-refractivity contribution >= 4 is 27.8 Å². The summed E-state index contributed by atoms with van der Waals surface area (Å²) in [4.78, 5) is 22.0. The molecule has 0 bridgehead atoms.